The van der Waals surface area contributed by atoms with Crippen LogP contribution >= 0.6 is 0 Å². The Hall–Kier alpha value is -1.84. The zero-order valence-electron chi connectivity index (χ0n) is 8.43. The van der Waals surface area contributed by atoms with E-state index in [4.69, 9.17) is 4.74 Å². The van der Waals surface area contributed by atoms with Crippen molar-refractivity contribution in [1.82, 2.24) is 5.43 Å². The fraction of sp³-hybridized carbons (Fsp3) is 0.273. The molecule has 1 radical (unpaired) electrons. The first-order valence-corrected chi connectivity index (χ1v) is 4.84. The van der Waals surface area contributed by atoms with Crippen LogP contribution in [0.25, 0.3) is 0 Å². The highest BCUT2D eigenvalue weighted by atomic mass is 16.5. The molecule has 4 heteroatoms. The summed E-state index contributed by atoms with van der Waals surface area (Å²) >= 11 is 0. The van der Waals surface area contributed by atoms with Crippen LogP contribution in [0.4, 0.5) is 5.69 Å². The van der Waals surface area contributed by atoms with E-state index < -0.39 is 0 Å². The molecule has 0 bridgehead atoms. The maximum atomic E-state index is 11.3. The van der Waals surface area contributed by atoms with Crippen LogP contribution in [0.1, 0.15) is 18.9 Å². The number of hydrogen-bond donors (Lipinski definition) is 0. The quantitative estimate of drug-likeness (QED) is 0.700. The second-order valence-corrected chi connectivity index (χ2v) is 3.15. The topological polar surface area (TPSA) is 52.8 Å². The summed E-state index contributed by atoms with van der Waals surface area (Å²) in [6.07, 6.45) is 0.189. The van der Waals surface area contributed by atoms with Crippen molar-refractivity contribution in [2.24, 2.45) is 5.10 Å². The average Bonchev–Trinajstić information content (AvgIpc) is 2.62. The number of carbonyl (C=O) groups is 1. The predicted octanol–water partition coefficient (Wildman–Crippen LogP) is 1.59. The van der Waals surface area contributed by atoms with E-state index in [-0.39, 0.29) is 12.4 Å². The van der Waals surface area contributed by atoms with E-state index in [1.807, 2.05) is 24.3 Å². The van der Waals surface area contributed by atoms with Crippen LogP contribution < -0.4 is 5.43 Å². The van der Waals surface area contributed by atoms with Crippen molar-refractivity contribution < 1.29 is 9.53 Å². The van der Waals surface area contributed by atoms with Crippen LogP contribution in [0.5, 0.6) is 0 Å². The maximum absolute atomic E-state index is 11.3. The first-order chi connectivity index (χ1) is 7.31. The third-order valence-electron chi connectivity index (χ3n) is 2.11. The van der Waals surface area contributed by atoms with Crippen LogP contribution in [-0.2, 0) is 9.53 Å². The minimum atomic E-state index is -0.261. The lowest BCUT2D eigenvalue weighted by Crippen LogP contribution is -2.10. The third-order valence-corrected chi connectivity index (χ3v) is 2.11. The van der Waals surface area contributed by atoms with E-state index in [0.29, 0.717) is 12.3 Å². The van der Waals surface area contributed by atoms with Gasteiger partial charge in [0.2, 0.25) is 0 Å². The van der Waals surface area contributed by atoms with Gasteiger partial charge in [-0.25, -0.2) is 0 Å². The summed E-state index contributed by atoms with van der Waals surface area (Å²) in [7, 11) is 0. The second kappa shape index (κ2) is 4.13. The second-order valence-electron chi connectivity index (χ2n) is 3.15. The van der Waals surface area contributed by atoms with Crippen molar-refractivity contribution in [3.05, 3.63) is 29.8 Å². The van der Waals surface area contributed by atoms with Gasteiger partial charge in [-0.2, -0.15) is 10.5 Å². The van der Waals surface area contributed by atoms with E-state index in [2.05, 4.69) is 10.5 Å². The minimum Gasteiger partial charge on any atom is -0.466 e. The molecule has 0 unspecified atom stereocenters. The Morgan fingerprint density at radius 3 is 3.00 bits per heavy atom. The highest BCUT2D eigenvalue weighted by molar-refractivity contribution is 6.13. The number of carbonyl (C=O) groups excluding carboxylic acids is 1. The molecule has 15 heavy (non-hydrogen) atoms. The molecule has 1 heterocycles. The lowest BCUT2D eigenvalue weighted by atomic mass is 10.1. The molecular weight excluding hydrogens is 192 g/mol. The Balaban J connectivity index is 2.10. The first-order valence-electron chi connectivity index (χ1n) is 4.84. The smallest absolute Gasteiger partial charge is 0.311 e. The summed E-state index contributed by atoms with van der Waals surface area (Å²) in [5, 5.41) is 3.97. The van der Waals surface area contributed by atoms with Gasteiger partial charge in [0.15, 0.2) is 0 Å². The van der Waals surface area contributed by atoms with Gasteiger partial charge in [0, 0.05) is 5.56 Å². The summed E-state index contributed by atoms with van der Waals surface area (Å²) in [6.45, 7) is 2.18. The molecular formula is C11H11N2O2. The number of benzene rings is 1. The van der Waals surface area contributed by atoms with E-state index in [1.54, 1.807) is 6.92 Å². The van der Waals surface area contributed by atoms with Gasteiger partial charge in [-0.3, -0.25) is 4.79 Å². The van der Waals surface area contributed by atoms with E-state index in [1.165, 1.54) is 0 Å². The van der Waals surface area contributed by atoms with Crippen molar-refractivity contribution in [1.29, 1.82) is 0 Å². The van der Waals surface area contributed by atoms with Crippen molar-refractivity contribution in [3.8, 4) is 0 Å². The van der Waals surface area contributed by atoms with Gasteiger partial charge < -0.3 is 4.74 Å². The molecule has 1 aliphatic rings. The average molecular weight is 203 g/mol. The molecule has 0 amide bonds. The lowest BCUT2D eigenvalue weighted by Gasteiger charge is -2.01. The summed E-state index contributed by atoms with van der Waals surface area (Å²) in [4.78, 5) is 11.3. The Morgan fingerprint density at radius 2 is 2.20 bits per heavy atom. The van der Waals surface area contributed by atoms with Crippen LogP contribution in [-0.4, -0.2) is 18.3 Å². The van der Waals surface area contributed by atoms with Gasteiger partial charge in [-0.05, 0) is 13.0 Å². The number of esters is 1. The maximum Gasteiger partial charge on any atom is 0.311 e. The normalized spacial score (nSPS) is 12.7. The summed E-state index contributed by atoms with van der Waals surface area (Å²) < 4.78 is 4.86. The molecule has 77 valence electrons. The molecule has 0 aromatic heterocycles. The number of rotatable bonds is 3. The van der Waals surface area contributed by atoms with Gasteiger partial charge in [0.05, 0.1) is 24.4 Å². The Bertz CT molecular complexity index is 413. The third kappa shape index (κ3) is 1.98. The predicted molar refractivity (Wildman–Crippen MR) is 56.0 cm³/mol. The van der Waals surface area contributed by atoms with E-state index in [0.717, 1.165) is 11.3 Å². The Labute approximate surface area is 87.9 Å². The minimum absolute atomic E-state index is 0.189. The number of nitrogens with zero attached hydrogens (tertiary/aromatic N) is 2. The van der Waals surface area contributed by atoms with Crippen LogP contribution in [0.15, 0.2) is 29.4 Å². The zero-order chi connectivity index (χ0) is 10.7. The molecule has 0 spiro atoms. The van der Waals surface area contributed by atoms with Crippen LogP contribution in [0.2, 0.25) is 0 Å². The highest BCUT2D eigenvalue weighted by Gasteiger charge is 2.19. The van der Waals surface area contributed by atoms with Crippen molar-refractivity contribution >= 4 is 17.4 Å². The molecule has 0 atom stereocenters. The molecule has 1 aromatic rings. The largest absolute Gasteiger partial charge is 0.466 e. The molecule has 0 aliphatic carbocycles. The Morgan fingerprint density at radius 1 is 1.40 bits per heavy atom. The molecule has 2 rings (SSSR count). The number of fused-ring (bicyclic) bond motifs is 1. The molecule has 0 saturated heterocycles. The fourth-order valence-electron chi connectivity index (χ4n) is 1.45. The molecule has 0 N–H and O–H groups in total. The molecule has 0 fully saturated rings. The van der Waals surface area contributed by atoms with E-state index in [9.17, 15) is 4.79 Å². The van der Waals surface area contributed by atoms with Crippen LogP contribution in [0.3, 0.4) is 0 Å². The SMILES string of the molecule is CCOC(=O)CC1=N[N]c2ccccc21. The molecule has 1 aromatic carbocycles. The lowest BCUT2D eigenvalue weighted by molar-refractivity contribution is -0.141. The van der Waals surface area contributed by atoms with Gasteiger partial charge in [0.1, 0.15) is 0 Å². The monoisotopic (exact) mass is 203 g/mol. The Kier molecular flexibility index (Phi) is 2.67. The molecule has 1 aliphatic heterocycles. The number of hydrogen-bond acceptors (Lipinski definition) is 3. The number of ether oxygens (including phenoxy) is 1. The summed E-state index contributed by atoms with van der Waals surface area (Å²) in [5.41, 5.74) is 6.40. The van der Waals surface area contributed by atoms with Crippen molar-refractivity contribution in [3.63, 3.8) is 0 Å². The first kappa shape index (κ1) is 9.71. The fourth-order valence-corrected chi connectivity index (χ4v) is 1.45. The highest BCUT2D eigenvalue weighted by Crippen LogP contribution is 2.23. The molecule has 4 nitrogen and oxygen atoms in total. The van der Waals surface area contributed by atoms with Gasteiger partial charge in [-0.1, -0.05) is 18.2 Å². The van der Waals surface area contributed by atoms with Crippen LogP contribution in [0, 0.1) is 0 Å². The van der Waals surface area contributed by atoms with Crippen molar-refractivity contribution in [2.75, 3.05) is 6.61 Å². The van der Waals surface area contributed by atoms with Gasteiger partial charge in [0.25, 0.3) is 0 Å². The zero-order valence-corrected chi connectivity index (χ0v) is 8.43. The van der Waals surface area contributed by atoms with E-state index >= 15 is 0 Å². The van der Waals surface area contributed by atoms with Gasteiger partial charge >= 0.3 is 5.97 Å². The van der Waals surface area contributed by atoms with Crippen molar-refractivity contribution in [2.45, 2.75) is 13.3 Å². The summed E-state index contributed by atoms with van der Waals surface area (Å²) in [6, 6.07) is 7.58. The standard InChI is InChI=1S/C11H11N2O2/c1-2-15-11(14)7-10-8-5-3-4-6-9(8)12-13-10/h3-6H,2,7H2,1H3. The van der Waals surface area contributed by atoms with Gasteiger partial charge in [-0.15, -0.1) is 0 Å². The molecule has 0 saturated carbocycles. The summed E-state index contributed by atoms with van der Waals surface area (Å²) in [5.74, 6) is -0.261.